The fourth-order valence-electron chi connectivity index (χ4n) is 1.29. The van der Waals surface area contributed by atoms with E-state index in [1.807, 2.05) is 0 Å². The molecule has 0 aromatic heterocycles. The topological polar surface area (TPSA) is 9.23 Å². The first-order valence-electron chi connectivity index (χ1n) is 5.70. The minimum Gasteiger partial charge on any atom is -0.381 e. The van der Waals surface area contributed by atoms with E-state index in [1.54, 1.807) is 0 Å². The summed E-state index contributed by atoms with van der Waals surface area (Å²) in [7, 11) is 0. The van der Waals surface area contributed by atoms with Crippen LogP contribution >= 0.6 is 0 Å². The Bertz CT molecular complexity index is 85.3. The number of hydrogen-bond acceptors (Lipinski definition) is 1. The molecule has 1 heteroatoms. The van der Waals surface area contributed by atoms with Crippen LogP contribution in [0.5, 0.6) is 0 Å². The summed E-state index contributed by atoms with van der Waals surface area (Å²) in [6, 6.07) is 0. The zero-order chi connectivity index (χ0) is 10.1. The van der Waals surface area contributed by atoms with Gasteiger partial charge in [-0.1, -0.05) is 27.7 Å². The monoisotopic (exact) mass is 186 g/mol. The molecule has 13 heavy (non-hydrogen) atoms. The van der Waals surface area contributed by atoms with E-state index in [-0.39, 0.29) is 0 Å². The lowest BCUT2D eigenvalue weighted by Gasteiger charge is -2.07. The van der Waals surface area contributed by atoms with Crippen molar-refractivity contribution >= 4 is 0 Å². The van der Waals surface area contributed by atoms with Crippen LogP contribution in [0.4, 0.5) is 0 Å². The fraction of sp³-hybridized carbons (Fsp3) is 1.00. The summed E-state index contributed by atoms with van der Waals surface area (Å²) in [5.41, 5.74) is 0. The second kappa shape index (κ2) is 8.55. The highest BCUT2D eigenvalue weighted by Gasteiger charge is 1.95. The highest BCUT2D eigenvalue weighted by molar-refractivity contribution is 4.46. The molecular weight excluding hydrogens is 160 g/mol. The Labute approximate surface area is 83.9 Å². The lowest BCUT2D eigenvalue weighted by Crippen LogP contribution is -2.00. The van der Waals surface area contributed by atoms with Gasteiger partial charge in [0, 0.05) is 13.2 Å². The van der Waals surface area contributed by atoms with Crippen molar-refractivity contribution in [3.8, 4) is 0 Å². The molecule has 0 fully saturated rings. The molecule has 0 saturated carbocycles. The van der Waals surface area contributed by atoms with Crippen molar-refractivity contribution < 1.29 is 4.74 Å². The van der Waals surface area contributed by atoms with E-state index in [4.69, 9.17) is 4.74 Å². The van der Waals surface area contributed by atoms with Crippen molar-refractivity contribution in [3.05, 3.63) is 0 Å². The summed E-state index contributed by atoms with van der Waals surface area (Å²) in [5.74, 6) is 1.64. The summed E-state index contributed by atoms with van der Waals surface area (Å²) in [5, 5.41) is 0. The molecule has 0 bridgehead atoms. The lowest BCUT2D eigenvalue weighted by molar-refractivity contribution is 0.122. The Hall–Kier alpha value is -0.0400. The van der Waals surface area contributed by atoms with Crippen molar-refractivity contribution in [2.75, 3.05) is 13.2 Å². The Morgan fingerprint density at radius 3 is 1.46 bits per heavy atom. The van der Waals surface area contributed by atoms with Gasteiger partial charge in [-0.15, -0.1) is 0 Å². The van der Waals surface area contributed by atoms with Gasteiger partial charge in [-0.05, 0) is 37.5 Å². The highest BCUT2D eigenvalue weighted by Crippen LogP contribution is 2.05. The van der Waals surface area contributed by atoms with Crippen LogP contribution in [-0.2, 0) is 4.74 Å². The summed E-state index contributed by atoms with van der Waals surface area (Å²) < 4.78 is 5.53. The van der Waals surface area contributed by atoms with Crippen LogP contribution in [-0.4, -0.2) is 13.2 Å². The first-order chi connectivity index (χ1) is 6.13. The third-order valence-corrected chi connectivity index (χ3v) is 2.14. The third-order valence-electron chi connectivity index (χ3n) is 2.14. The van der Waals surface area contributed by atoms with E-state index in [2.05, 4.69) is 27.7 Å². The van der Waals surface area contributed by atoms with Crippen LogP contribution in [0.25, 0.3) is 0 Å². The van der Waals surface area contributed by atoms with Gasteiger partial charge in [0.1, 0.15) is 0 Å². The molecule has 1 nitrogen and oxygen atoms in total. The molecule has 0 unspecified atom stereocenters. The van der Waals surface area contributed by atoms with Crippen molar-refractivity contribution in [2.45, 2.75) is 53.4 Å². The largest absolute Gasteiger partial charge is 0.381 e. The molecule has 0 atom stereocenters. The predicted molar refractivity (Wildman–Crippen MR) is 59.0 cm³/mol. The maximum Gasteiger partial charge on any atom is 0.0466 e. The van der Waals surface area contributed by atoms with Crippen molar-refractivity contribution in [1.29, 1.82) is 0 Å². The molecule has 0 radical (unpaired) electrons. The van der Waals surface area contributed by atoms with E-state index < -0.39 is 0 Å². The molecule has 0 heterocycles. The highest BCUT2D eigenvalue weighted by atomic mass is 16.5. The maximum atomic E-state index is 5.53. The average molecular weight is 186 g/mol. The SMILES string of the molecule is CC(C)CCCOCCCC(C)C. The zero-order valence-corrected chi connectivity index (χ0v) is 9.81. The van der Waals surface area contributed by atoms with E-state index in [0.717, 1.165) is 25.0 Å². The standard InChI is InChI=1S/C12H26O/c1-11(2)7-5-9-13-10-6-8-12(3)4/h11-12H,5-10H2,1-4H3. The van der Waals surface area contributed by atoms with Crippen molar-refractivity contribution in [2.24, 2.45) is 11.8 Å². The second-order valence-corrected chi connectivity index (χ2v) is 4.68. The van der Waals surface area contributed by atoms with Gasteiger partial charge in [-0.2, -0.15) is 0 Å². The lowest BCUT2D eigenvalue weighted by atomic mass is 10.1. The molecule has 0 spiro atoms. The van der Waals surface area contributed by atoms with E-state index in [1.165, 1.54) is 25.7 Å². The minimum atomic E-state index is 0.819. The molecule has 0 aliphatic rings. The maximum absolute atomic E-state index is 5.53. The third kappa shape index (κ3) is 12.0. The average Bonchev–Trinajstić information content (AvgIpc) is 2.01. The molecule has 0 aromatic carbocycles. The van der Waals surface area contributed by atoms with Gasteiger partial charge in [0.05, 0.1) is 0 Å². The number of ether oxygens (including phenoxy) is 1. The van der Waals surface area contributed by atoms with Gasteiger partial charge < -0.3 is 4.74 Å². The van der Waals surface area contributed by atoms with E-state index in [9.17, 15) is 0 Å². The van der Waals surface area contributed by atoms with Crippen molar-refractivity contribution in [3.63, 3.8) is 0 Å². The molecule has 0 aromatic rings. The van der Waals surface area contributed by atoms with Gasteiger partial charge >= 0.3 is 0 Å². The first-order valence-corrected chi connectivity index (χ1v) is 5.70. The molecule has 0 aliphatic carbocycles. The summed E-state index contributed by atoms with van der Waals surface area (Å²) in [6.45, 7) is 11.0. The smallest absolute Gasteiger partial charge is 0.0466 e. The summed E-state index contributed by atoms with van der Waals surface area (Å²) in [6.07, 6.45) is 5.03. The van der Waals surface area contributed by atoms with Gasteiger partial charge in [0.2, 0.25) is 0 Å². The van der Waals surface area contributed by atoms with Gasteiger partial charge in [0.15, 0.2) is 0 Å². The Morgan fingerprint density at radius 2 is 1.15 bits per heavy atom. The number of rotatable bonds is 8. The molecular formula is C12H26O. The summed E-state index contributed by atoms with van der Waals surface area (Å²) >= 11 is 0. The van der Waals surface area contributed by atoms with E-state index >= 15 is 0 Å². The van der Waals surface area contributed by atoms with Crippen molar-refractivity contribution in [1.82, 2.24) is 0 Å². The quantitative estimate of drug-likeness (QED) is 0.523. The Morgan fingerprint density at radius 1 is 0.769 bits per heavy atom. The van der Waals surface area contributed by atoms with Crippen LogP contribution in [0.15, 0.2) is 0 Å². The Balaban J connectivity index is 2.92. The first kappa shape index (κ1) is 13.0. The Kier molecular flexibility index (Phi) is 8.53. The molecule has 0 aliphatic heterocycles. The normalized spacial score (nSPS) is 11.5. The van der Waals surface area contributed by atoms with Crippen LogP contribution in [0.2, 0.25) is 0 Å². The van der Waals surface area contributed by atoms with Crippen LogP contribution in [0, 0.1) is 11.8 Å². The van der Waals surface area contributed by atoms with E-state index in [0.29, 0.717) is 0 Å². The molecule has 0 N–H and O–H groups in total. The minimum absolute atomic E-state index is 0.819. The van der Waals surface area contributed by atoms with Crippen LogP contribution in [0.3, 0.4) is 0 Å². The van der Waals surface area contributed by atoms with Crippen LogP contribution in [0.1, 0.15) is 53.4 Å². The van der Waals surface area contributed by atoms with Crippen LogP contribution < -0.4 is 0 Å². The zero-order valence-electron chi connectivity index (χ0n) is 9.81. The van der Waals surface area contributed by atoms with Gasteiger partial charge in [-0.25, -0.2) is 0 Å². The number of hydrogen-bond donors (Lipinski definition) is 0. The molecule has 0 saturated heterocycles. The second-order valence-electron chi connectivity index (χ2n) is 4.68. The fourth-order valence-corrected chi connectivity index (χ4v) is 1.29. The molecule has 80 valence electrons. The van der Waals surface area contributed by atoms with Gasteiger partial charge in [0.25, 0.3) is 0 Å². The molecule has 0 amide bonds. The summed E-state index contributed by atoms with van der Waals surface area (Å²) in [4.78, 5) is 0. The van der Waals surface area contributed by atoms with Gasteiger partial charge in [-0.3, -0.25) is 0 Å². The molecule has 0 rings (SSSR count). The predicted octanol–water partition coefficient (Wildman–Crippen LogP) is 3.88.